The number of nitrogens with zero attached hydrogens (tertiary/aromatic N) is 2. The summed E-state index contributed by atoms with van der Waals surface area (Å²) in [5.74, 6) is 0.584. The van der Waals surface area contributed by atoms with Crippen LogP contribution in [0.5, 0.6) is 0 Å². The number of carbonyl (C=O) groups is 2. The summed E-state index contributed by atoms with van der Waals surface area (Å²) in [5, 5.41) is 10.1. The van der Waals surface area contributed by atoms with Crippen LogP contribution < -0.4 is 5.32 Å². The Bertz CT molecular complexity index is 759. The van der Waals surface area contributed by atoms with Crippen molar-refractivity contribution >= 4 is 12.4 Å². The molecule has 1 aliphatic rings. The number of likely N-dealkylation sites (tertiary alicyclic amines) is 1. The highest BCUT2D eigenvalue weighted by molar-refractivity contribution is 5.78. The van der Waals surface area contributed by atoms with Crippen LogP contribution >= 0.6 is 0 Å². The zero-order valence-corrected chi connectivity index (χ0v) is 19.5. The van der Waals surface area contributed by atoms with Gasteiger partial charge in [0.2, 0.25) is 5.91 Å². The van der Waals surface area contributed by atoms with E-state index in [0.717, 1.165) is 32.4 Å². The van der Waals surface area contributed by atoms with Gasteiger partial charge in [-0.25, -0.2) is 0 Å². The van der Waals surface area contributed by atoms with Crippen LogP contribution in [0.2, 0.25) is 0 Å². The van der Waals surface area contributed by atoms with Crippen LogP contribution in [-0.4, -0.2) is 74.1 Å². The second kappa shape index (κ2) is 13.7. The van der Waals surface area contributed by atoms with Gasteiger partial charge in [-0.15, -0.1) is 0 Å². The number of rotatable bonds is 7. The maximum atomic E-state index is 12.9. The molecular formula is C26H37N3O3. The highest BCUT2D eigenvalue weighted by Crippen LogP contribution is 2.27. The topological polar surface area (TPSA) is 72.9 Å². The summed E-state index contributed by atoms with van der Waals surface area (Å²) in [6.07, 6.45) is 2.94. The Morgan fingerprint density at radius 1 is 1.06 bits per heavy atom. The first-order valence-corrected chi connectivity index (χ1v) is 11.3. The third-order valence-electron chi connectivity index (χ3n) is 6.14. The molecule has 2 aromatic carbocycles. The first-order chi connectivity index (χ1) is 15.5. The van der Waals surface area contributed by atoms with E-state index in [2.05, 4.69) is 96.9 Å². The molecule has 32 heavy (non-hydrogen) atoms. The van der Waals surface area contributed by atoms with Crippen molar-refractivity contribution in [3.05, 3.63) is 71.8 Å². The molecule has 1 saturated heterocycles. The zero-order valence-electron chi connectivity index (χ0n) is 19.5. The Morgan fingerprint density at radius 2 is 1.59 bits per heavy atom. The third kappa shape index (κ3) is 8.09. The summed E-state index contributed by atoms with van der Waals surface area (Å²) in [6.45, 7) is 2.32. The molecule has 0 bridgehead atoms. The molecule has 6 heteroatoms. The van der Waals surface area contributed by atoms with Crippen molar-refractivity contribution in [2.24, 2.45) is 5.92 Å². The van der Waals surface area contributed by atoms with Crippen molar-refractivity contribution in [1.82, 2.24) is 15.1 Å². The predicted octanol–water partition coefficient (Wildman–Crippen LogP) is 3.30. The maximum Gasteiger partial charge on any atom is 0.290 e. The van der Waals surface area contributed by atoms with E-state index in [1.165, 1.54) is 11.1 Å². The zero-order chi connectivity index (χ0) is 23.3. The average molecular weight is 440 g/mol. The summed E-state index contributed by atoms with van der Waals surface area (Å²) >= 11 is 0. The largest absolute Gasteiger partial charge is 0.483 e. The highest BCUT2D eigenvalue weighted by atomic mass is 16.3. The number of benzene rings is 2. The molecule has 0 radical (unpaired) electrons. The molecule has 3 rings (SSSR count). The number of carboxylic acid groups (broad SMARTS) is 1. The first kappa shape index (κ1) is 25.6. The molecule has 0 saturated carbocycles. The van der Waals surface area contributed by atoms with Crippen LogP contribution in [0.4, 0.5) is 0 Å². The fraction of sp³-hybridized carbons (Fsp3) is 0.462. The standard InChI is InChI=1S/C25H35N3O.CH2O2/c1-27(2)23-15-14-22(18-28(3)19-23)25(29)26-17-16-24(20-10-6-4-7-11-20)21-12-8-5-9-13-21;2-1-3/h4-13,22-24H,14-19H2,1-3H3,(H,26,29);1H,(H,2,3)/t22-,23+;/m1./s1. The lowest BCUT2D eigenvalue weighted by molar-refractivity contribution is -0.125. The van der Waals surface area contributed by atoms with E-state index >= 15 is 0 Å². The van der Waals surface area contributed by atoms with Gasteiger partial charge in [-0.3, -0.25) is 9.59 Å². The molecule has 2 aromatic rings. The third-order valence-corrected chi connectivity index (χ3v) is 6.14. The summed E-state index contributed by atoms with van der Waals surface area (Å²) in [7, 11) is 6.39. The van der Waals surface area contributed by atoms with Gasteiger partial charge in [0.25, 0.3) is 6.47 Å². The predicted molar refractivity (Wildman–Crippen MR) is 129 cm³/mol. The summed E-state index contributed by atoms with van der Waals surface area (Å²) < 4.78 is 0. The van der Waals surface area contributed by atoms with Crippen LogP contribution in [-0.2, 0) is 9.59 Å². The number of hydrogen-bond acceptors (Lipinski definition) is 4. The SMILES string of the molecule is CN1C[C@H](C(=O)NCCC(c2ccccc2)c2ccccc2)CC[C@H](N(C)C)C1.O=CO. The van der Waals surface area contributed by atoms with Crippen molar-refractivity contribution in [2.75, 3.05) is 40.8 Å². The summed E-state index contributed by atoms with van der Waals surface area (Å²) in [5.41, 5.74) is 2.60. The minimum atomic E-state index is -0.250. The minimum absolute atomic E-state index is 0.0804. The van der Waals surface area contributed by atoms with E-state index in [9.17, 15) is 4.79 Å². The second-order valence-electron chi connectivity index (χ2n) is 8.67. The van der Waals surface area contributed by atoms with Gasteiger partial charge in [-0.2, -0.15) is 0 Å². The lowest BCUT2D eigenvalue weighted by Gasteiger charge is -2.25. The fourth-order valence-corrected chi connectivity index (χ4v) is 4.40. The van der Waals surface area contributed by atoms with Gasteiger partial charge in [0.05, 0.1) is 5.92 Å². The highest BCUT2D eigenvalue weighted by Gasteiger charge is 2.27. The summed E-state index contributed by atoms with van der Waals surface area (Å²) in [6, 6.07) is 21.7. The van der Waals surface area contributed by atoms with Gasteiger partial charge >= 0.3 is 0 Å². The Hall–Kier alpha value is -2.70. The van der Waals surface area contributed by atoms with Crippen LogP contribution in [0.1, 0.15) is 36.3 Å². The Kier molecular flexibility index (Phi) is 10.9. The van der Waals surface area contributed by atoms with E-state index in [0.29, 0.717) is 18.5 Å². The van der Waals surface area contributed by atoms with Crippen molar-refractivity contribution in [3.8, 4) is 0 Å². The molecule has 1 aliphatic heterocycles. The normalized spacial score (nSPS) is 19.0. The quantitative estimate of drug-likeness (QED) is 0.648. The van der Waals surface area contributed by atoms with Crippen molar-refractivity contribution in [2.45, 2.75) is 31.2 Å². The van der Waals surface area contributed by atoms with Gasteiger partial charge in [0, 0.05) is 31.6 Å². The lowest BCUT2D eigenvalue weighted by atomic mass is 9.88. The molecule has 1 heterocycles. The molecule has 6 nitrogen and oxygen atoms in total. The van der Waals surface area contributed by atoms with Gasteiger partial charge in [-0.05, 0) is 51.5 Å². The Balaban J connectivity index is 0.00000114. The Labute approximate surface area is 192 Å². The number of likely N-dealkylation sites (N-methyl/N-ethyl adjacent to an activating group) is 2. The van der Waals surface area contributed by atoms with E-state index in [1.807, 2.05) is 0 Å². The minimum Gasteiger partial charge on any atom is -0.483 e. The van der Waals surface area contributed by atoms with Gasteiger partial charge in [0.15, 0.2) is 0 Å². The maximum absolute atomic E-state index is 12.9. The van der Waals surface area contributed by atoms with Gasteiger partial charge < -0.3 is 20.2 Å². The number of hydrogen-bond donors (Lipinski definition) is 2. The van der Waals surface area contributed by atoms with Gasteiger partial charge in [-0.1, -0.05) is 60.7 Å². The van der Waals surface area contributed by atoms with E-state index < -0.39 is 0 Å². The smallest absolute Gasteiger partial charge is 0.290 e. The molecule has 2 N–H and O–H groups in total. The molecule has 0 unspecified atom stereocenters. The van der Waals surface area contributed by atoms with Crippen LogP contribution in [0.15, 0.2) is 60.7 Å². The van der Waals surface area contributed by atoms with Gasteiger partial charge in [0.1, 0.15) is 0 Å². The number of carbonyl (C=O) groups excluding carboxylic acids is 1. The second-order valence-corrected chi connectivity index (χ2v) is 8.67. The monoisotopic (exact) mass is 439 g/mol. The molecule has 174 valence electrons. The van der Waals surface area contributed by atoms with E-state index in [4.69, 9.17) is 9.90 Å². The van der Waals surface area contributed by atoms with Crippen LogP contribution in [0.3, 0.4) is 0 Å². The fourth-order valence-electron chi connectivity index (χ4n) is 4.40. The van der Waals surface area contributed by atoms with Crippen molar-refractivity contribution in [3.63, 3.8) is 0 Å². The lowest BCUT2D eigenvalue weighted by Crippen LogP contribution is -2.39. The number of nitrogens with one attached hydrogen (secondary N) is 1. The van der Waals surface area contributed by atoms with Crippen LogP contribution in [0.25, 0.3) is 0 Å². The molecule has 2 atom stereocenters. The molecule has 1 fully saturated rings. The number of amides is 1. The van der Waals surface area contributed by atoms with Crippen molar-refractivity contribution in [1.29, 1.82) is 0 Å². The molecular weight excluding hydrogens is 402 g/mol. The van der Waals surface area contributed by atoms with E-state index in [1.54, 1.807) is 0 Å². The van der Waals surface area contributed by atoms with Crippen LogP contribution in [0, 0.1) is 5.92 Å². The van der Waals surface area contributed by atoms with E-state index in [-0.39, 0.29) is 18.3 Å². The molecule has 0 spiro atoms. The average Bonchev–Trinajstić information content (AvgIpc) is 3.00. The molecule has 0 aliphatic carbocycles. The van der Waals surface area contributed by atoms with Crippen molar-refractivity contribution < 1.29 is 14.7 Å². The summed E-state index contributed by atoms with van der Waals surface area (Å²) in [4.78, 5) is 25.8. The molecule has 1 amide bonds. The first-order valence-electron chi connectivity index (χ1n) is 11.3. The Morgan fingerprint density at radius 3 is 2.09 bits per heavy atom. The molecule has 0 aromatic heterocycles.